The highest BCUT2D eigenvalue weighted by Gasteiger charge is 2.30. The first-order valence-electron chi connectivity index (χ1n) is 10.0. The van der Waals surface area contributed by atoms with Crippen molar-refractivity contribution in [2.24, 2.45) is 0 Å². The molecular weight excluding hydrogens is 357 g/mol. The topological polar surface area (TPSA) is 62.4 Å². The average Bonchev–Trinajstić information content (AvgIpc) is 3.28. The van der Waals surface area contributed by atoms with Crippen LogP contribution in [0.2, 0.25) is 0 Å². The molecule has 5 nitrogen and oxygen atoms in total. The van der Waals surface area contributed by atoms with Gasteiger partial charge in [-0.3, -0.25) is 4.79 Å². The fourth-order valence-electron chi connectivity index (χ4n) is 4.62. The summed E-state index contributed by atoms with van der Waals surface area (Å²) in [6.07, 6.45) is 2.84. The Labute approximate surface area is 163 Å². The van der Waals surface area contributed by atoms with Crippen molar-refractivity contribution in [2.45, 2.75) is 37.8 Å². The van der Waals surface area contributed by atoms with E-state index in [-0.39, 0.29) is 17.8 Å². The molecule has 28 heavy (non-hydrogen) atoms. The lowest BCUT2D eigenvalue weighted by Crippen LogP contribution is -2.40. The van der Waals surface area contributed by atoms with E-state index in [0.717, 1.165) is 66.0 Å². The lowest BCUT2D eigenvalue weighted by atomic mass is 9.94. The van der Waals surface area contributed by atoms with Gasteiger partial charge in [-0.1, -0.05) is 6.07 Å². The summed E-state index contributed by atoms with van der Waals surface area (Å²) in [5.41, 5.74) is 5.05. The predicted molar refractivity (Wildman–Crippen MR) is 105 cm³/mol. The molecule has 146 valence electrons. The molecule has 6 heteroatoms. The number of benzene rings is 2. The van der Waals surface area contributed by atoms with Crippen molar-refractivity contribution in [3.63, 3.8) is 0 Å². The van der Waals surface area contributed by atoms with E-state index in [1.165, 1.54) is 6.07 Å². The minimum absolute atomic E-state index is 0.00994. The van der Waals surface area contributed by atoms with Gasteiger partial charge >= 0.3 is 0 Å². The second-order valence-electron chi connectivity index (χ2n) is 7.88. The molecule has 3 heterocycles. The number of anilines is 1. The van der Waals surface area contributed by atoms with E-state index in [1.54, 1.807) is 6.07 Å². The molecule has 3 N–H and O–H groups in total. The van der Waals surface area contributed by atoms with E-state index >= 15 is 0 Å². The number of carbonyl (C=O) groups is 1. The summed E-state index contributed by atoms with van der Waals surface area (Å²) in [7, 11) is 0. The monoisotopic (exact) mass is 381 g/mol. The molecule has 1 amide bonds. The van der Waals surface area contributed by atoms with Crippen LogP contribution in [0.15, 0.2) is 30.3 Å². The molecule has 3 aliphatic rings. The molecule has 2 atom stereocenters. The standard InChI is InChI=1S/C22H24FN3O2/c23-15-4-5-19-17(8-15)13(10-25-19)2-1-7-24-16-9-18-20(28-12-16)6-3-14-11-26-22(27)21(14)18/h3-6,8,13,16,24-25H,1-2,7,9-12H2,(H,26,27). The number of halogens is 1. The first kappa shape index (κ1) is 17.5. The van der Waals surface area contributed by atoms with Gasteiger partial charge < -0.3 is 20.7 Å². The first-order valence-corrected chi connectivity index (χ1v) is 10.0. The van der Waals surface area contributed by atoms with Crippen molar-refractivity contribution in [1.82, 2.24) is 10.6 Å². The third-order valence-corrected chi connectivity index (χ3v) is 6.07. The number of amides is 1. The molecule has 2 unspecified atom stereocenters. The molecule has 2 aromatic rings. The zero-order chi connectivity index (χ0) is 19.1. The van der Waals surface area contributed by atoms with Crippen molar-refractivity contribution in [3.8, 4) is 5.75 Å². The van der Waals surface area contributed by atoms with Gasteiger partial charge in [-0.2, -0.15) is 0 Å². The molecule has 0 saturated carbocycles. The molecule has 0 saturated heterocycles. The van der Waals surface area contributed by atoms with Crippen molar-refractivity contribution >= 4 is 11.6 Å². The average molecular weight is 381 g/mol. The number of hydrogen-bond acceptors (Lipinski definition) is 4. The molecule has 0 bridgehead atoms. The van der Waals surface area contributed by atoms with Gasteiger partial charge in [-0.05, 0) is 61.2 Å². The highest BCUT2D eigenvalue weighted by Crippen LogP contribution is 2.35. The van der Waals surface area contributed by atoms with Gasteiger partial charge in [0.2, 0.25) is 0 Å². The predicted octanol–water partition coefficient (Wildman–Crippen LogP) is 2.95. The van der Waals surface area contributed by atoms with Crippen LogP contribution in [0.1, 0.15) is 45.8 Å². The lowest BCUT2D eigenvalue weighted by Gasteiger charge is -2.27. The number of hydrogen-bond donors (Lipinski definition) is 3. The third-order valence-electron chi connectivity index (χ3n) is 6.07. The molecular formula is C22H24FN3O2. The zero-order valence-electron chi connectivity index (χ0n) is 15.7. The van der Waals surface area contributed by atoms with Crippen LogP contribution in [0, 0.1) is 5.82 Å². The molecule has 0 spiro atoms. The van der Waals surface area contributed by atoms with Gasteiger partial charge in [0.15, 0.2) is 0 Å². The Balaban J connectivity index is 1.16. The summed E-state index contributed by atoms with van der Waals surface area (Å²) >= 11 is 0. The molecule has 0 aromatic heterocycles. The Hall–Kier alpha value is -2.60. The highest BCUT2D eigenvalue weighted by molar-refractivity contribution is 6.00. The quantitative estimate of drug-likeness (QED) is 0.697. The van der Waals surface area contributed by atoms with Crippen molar-refractivity contribution in [1.29, 1.82) is 0 Å². The summed E-state index contributed by atoms with van der Waals surface area (Å²) in [5, 5.41) is 9.84. The van der Waals surface area contributed by atoms with Crippen LogP contribution in [0.4, 0.5) is 10.1 Å². The van der Waals surface area contributed by atoms with Crippen LogP contribution in [0.5, 0.6) is 5.75 Å². The largest absolute Gasteiger partial charge is 0.492 e. The van der Waals surface area contributed by atoms with E-state index in [0.29, 0.717) is 19.1 Å². The smallest absolute Gasteiger partial charge is 0.252 e. The van der Waals surface area contributed by atoms with Gasteiger partial charge in [0, 0.05) is 36.3 Å². The Morgan fingerprint density at radius 2 is 2.14 bits per heavy atom. The Morgan fingerprint density at radius 1 is 1.21 bits per heavy atom. The Morgan fingerprint density at radius 3 is 3.07 bits per heavy atom. The number of carbonyl (C=O) groups excluding carboxylic acids is 1. The van der Waals surface area contributed by atoms with E-state index in [9.17, 15) is 9.18 Å². The van der Waals surface area contributed by atoms with Crippen LogP contribution < -0.4 is 20.7 Å². The number of rotatable bonds is 5. The number of nitrogens with one attached hydrogen (secondary N) is 3. The summed E-state index contributed by atoms with van der Waals surface area (Å²) in [6.45, 7) is 2.98. The van der Waals surface area contributed by atoms with Crippen molar-refractivity contribution < 1.29 is 13.9 Å². The summed E-state index contributed by atoms with van der Waals surface area (Å²) < 4.78 is 19.4. The number of fused-ring (bicyclic) bond motifs is 4. The van der Waals surface area contributed by atoms with Crippen LogP contribution in [-0.4, -0.2) is 31.6 Å². The van der Waals surface area contributed by atoms with E-state index in [2.05, 4.69) is 16.0 Å². The maximum absolute atomic E-state index is 13.5. The lowest BCUT2D eigenvalue weighted by molar-refractivity contribution is 0.0963. The minimum Gasteiger partial charge on any atom is -0.492 e. The Bertz CT molecular complexity index is 930. The van der Waals surface area contributed by atoms with E-state index < -0.39 is 0 Å². The highest BCUT2D eigenvalue weighted by atomic mass is 19.1. The summed E-state index contributed by atoms with van der Waals surface area (Å²) in [6, 6.07) is 9.16. The van der Waals surface area contributed by atoms with Gasteiger partial charge in [0.1, 0.15) is 18.2 Å². The van der Waals surface area contributed by atoms with Crippen molar-refractivity contribution in [2.75, 3.05) is 25.0 Å². The maximum Gasteiger partial charge on any atom is 0.252 e. The fraction of sp³-hybridized carbons (Fsp3) is 0.409. The normalized spacial score (nSPS) is 22.0. The van der Waals surface area contributed by atoms with Crippen LogP contribution >= 0.6 is 0 Å². The SMILES string of the molecule is O=C1NCc2ccc3c(c21)CC(NCCCC1CNc2ccc(F)cc21)CO3. The van der Waals surface area contributed by atoms with Gasteiger partial charge in [-0.25, -0.2) is 4.39 Å². The second-order valence-corrected chi connectivity index (χ2v) is 7.88. The maximum atomic E-state index is 13.5. The summed E-state index contributed by atoms with van der Waals surface area (Å²) in [4.78, 5) is 12.2. The first-order chi connectivity index (χ1) is 13.7. The zero-order valence-corrected chi connectivity index (χ0v) is 15.7. The van der Waals surface area contributed by atoms with Crippen molar-refractivity contribution in [3.05, 3.63) is 58.4 Å². The summed E-state index contributed by atoms with van der Waals surface area (Å²) in [5.74, 6) is 1.04. The second kappa shape index (κ2) is 7.09. The van der Waals surface area contributed by atoms with Gasteiger partial charge in [0.05, 0.1) is 5.56 Å². The Kier molecular flexibility index (Phi) is 4.43. The van der Waals surface area contributed by atoms with Crippen LogP contribution in [0.3, 0.4) is 0 Å². The molecule has 3 aliphatic heterocycles. The van der Waals surface area contributed by atoms with Gasteiger partial charge in [0.25, 0.3) is 5.91 Å². The third kappa shape index (κ3) is 3.11. The van der Waals surface area contributed by atoms with E-state index in [4.69, 9.17) is 4.74 Å². The minimum atomic E-state index is -0.167. The molecule has 2 aromatic carbocycles. The van der Waals surface area contributed by atoms with E-state index in [1.807, 2.05) is 18.2 Å². The molecule has 5 rings (SSSR count). The van der Waals surface area contributed by atoms with Crippen LogP contribution in [0.25, 0.3) is 0 Å². The molecule has 0 radical (unpaired) electrons. The molecule has 0 fully saturated rings. The van der Waals surface area contributed by atoms with Gasteiger partial charge in [-0.15, -0.1) is 0 Å². The van der Waals surface area contributed by atoms with Crippen LogP contribution in [-0.2, 0) is 13.0 Å². The number of ether oxygens (including phenoxy) is 1. The fourth-order valence-corrected chi connectivity index (χ4v) is 4.62. The molecule has 0 aliphatic carbocycles.